The van der Waals surface area contributed by atoms with Crippen molar-refractivity contribution in [1.29, 1.82) is 0 Å². The van der Waals surface area contributed by atoms with Crippen molar-refractivity contribution in [2.45, 2.75) is 46.6 Å². The second-order valence-electron chi connectivity index (χ2n) is 4.03. The van der Waals surface area contributed by atoms with Crippen molar-refractivity contribution < 1.29 is 4.74 Å². The smallest absolute Gasteiger partial charge is 0.0573 e. The molecule has 1 heteroatoms. The number of rotatable bonds is 3. The molecule has 0 aliphatic heterocycles. The minimum atomic E-state index is 0.399. The Morgan fingerprint density at radius 2 is 1.80 bits per heavy atom. The molecule has 1 atom stereocenters. The largest absolute Gasteiger partial charge is 0.381 e. The molecule has 0 aromatic rings. The molecular formula is C9H20O. The van der Waals surface area contributed by atoms with Crippen LogP contribution in [0.25, 0.3) is 0 Å². The van der Waals surface area contributed by atoms with E-state index in [1.54, 1.807) is 7.11 Å². The van der Waals surface area contributed by atoms with Crippen LogP contribution in [0.1, 0.15) is 40.5 Å². The second-order valence-corrected chi connectivity index (χ2v) is 4.03. The summed E-state index contributed by atoms with van der Waals surface area (Å²) >= 11 is 0. The van der Waals surface area contributed by atoms with E-state index < -0.39 is 0 Å². The summed E-state index contributed by atoms with van der Waals surface area (Å²) in [5.41, 5.74) is 0.399. The first-order valence-electron chi connectivity index (χ1n) is 4.02. The molecule has 0 heterocycles. The molecule has 0 amide bonds. The third-order valence-corrected chi connectivity index (χ3v) is 1.63. The minimum Gasteiger partial charge on any atom is -0.381 e. The van der Waals surface area contributed by atoms with Crippen molar-refractivity contribution in [3.63, 3.8) is 0 Å². The van der Waals surface area contributed by atoms with Crippen LogP contribution < -0.4 is 0 Å². The van der Waals surface area contributed by atoms with Crippen molar-refractivity contribution in [2.75, 3.05) is 7.11 Å². The summed E-state index contributed by atoms with van der Waals surface area (Å²) in [6.45, 7) is 8.90. The lowest BCUT2D eigenvalue weighted by Crippen LogP contribution is -2.18. The Balaban J connectivity index is 3.63. The Labute approximate surface area is 64.8 Å². The molecule has 0 saturated heterocycles. The molecule has 0 bridgehead atoms. The van der Waals surface area contributed by atoms with Crippen LogP contribution in [0.2, 0.25) is 0 Å². The van der Waals surface area contributed by atoms with E-state index >= 15 is 0 Å². The summed E-state index contributed by atoms with van der Waals surface area (Å²) in [5, 5.41) is 0. The van der Waals surface area contributed by atoms with Crippen molar-refractivity contribution in [3.05, 3.63) is 0 Å². The van der Waals surface area contributed by atoms with Gasteiger partial charge in [-0.15, -0.1) is 0 Å². The highest BCUT2D eigenvalue weighted by molar-refractivity contribution is 4.67. The highest BCUT2D eigenvalue weighted by Crippen LogP contribution is 2.23. The molecule has 1 nitrogen and oxygen atoms in total. The maximum Gasteiger partial charge on any atom is 0.0573 e. The zero-order valence-corrected chi connectivity index (χ0v) is 7.90. The van der Waals surface area contributed by atoms with Crippen LogP contribution in [-0.4, -0.2) is 13.2 Å². The van der Waals surface area contributed by atoms with Crippen LogP contribution in [-0.2, 0) is 4.74 Å². The summed E-state index contributed by atoms with van der Waals surface area (Å²) in [4.78, 5) is 0. The van der Waals surface area contributed by atoms with Crippen LogP contribution in [0, 0.1) is 5.41 Å². The molecule has 0 rings (SSSR count). The van der Waals surface area contributed by atoms with Crippen LogP contribution in [0.5, 0.6) is 0 Å². The molecule has 0 aromatic carbocycles. The summed E-state index contributed by atoms with van der Waals surface area (Å²) in [5.74, 6) is 0. The van der Waals surface area contributed by atoms with Crippen LogP contribution in [0.4, 0.5) is 0 Å². The van der Waals surface area contributed by atoms with E-state index in [9.17, 15) is 0 Å². The van der Waals surface area contributed by atoms with Gasteiger partial charge in [-0.3, -0.25) is 0 Å². The van der Waals surface area contributed by atoms with Crippen molar-refractivity contribution in [2.24, 2.45) is 5.41 Å². The van der Waals surface area contributed by atoms with Gasteiger partial charge in [0.05, 0.1) is 6.10 Å². The van der Waals surface area contributed by atoms with E-state index in [2.05, 4.69) is 27.7 Å². The fourth-order valence-electron chi connectivity index (χ4n) is 1.08. The van der Waals surface area contributed by atoms with E-state index in [1.165, 1.54) is 0 Å². The highest BCUT2D eigenvalue weighted by atomic mass is 16.5. The normalized spacial score (nSPS) is 15.3. The van der Waals surface area contributed by atoms with Gasteiger partial charge in [-0.1, -0.05) is 27.7 Å². The lowest BCUT2D eigenvalue weighted by molar-refractivity contribution is 0.0636. The van der Waals surface area contributed by atoms with E-state index in [0.717, 1.165) is 12.8 Å². The van der Waals surface area contributed by atoms with Gasteiger partial charge in [0.2, 0.25) is 0 Å². The standard InChI is InChI=1S/C9H20O/c1-6-8(10-5)7-9(2,3)4/h8H,6-7H2,1-5H3. The predicted octanol–water partition coefficient (Wildman–Crippen LogP) is 2.85. The zero-order chi connectivity index (χ0) is 8.20. The first-order chi connectivity index (χ1) is 4.49. The Bertz CT molecular complexity index is 77.2. The average molecular weight is 144 g/mol. The summed E-state index contributed by atoms with van der Waals surface area (Å²) in [7, 11) is 1.79. The van der Waals surface area contributed by atoms with Gasteiger partial charge in [-0.25, -0.2) is 0 Å². The minimum absolute atomic E-state index is 0.399. The maximum atomic E-state index is 5.28. The fourth-order valence-corrected chi connectivity index (χ4v) is 1.08. The van der Waals surface area contributed by atoms with E-state index in [1.807, 2.05) is 0 Å². The van der Waals surface area contributed by atoms with Gasteiger partial charge < -0.3 is 4.74 Å². The molecule has 0 radical (unpaired) electrons. The maximum absolute atomic E-state index is 5.28. The molecule has 62 valence electrons. The number of hydrogen-bond acceptors (Lipinski definition) is 1. The lowest BCUT2D eigenvalue weighted by atomic mass is 9.88. The molecule has 0 aromatic heterocycles. The Kier molecular flexibility index (Phi) is 3.95. The SMILES string of the molecule is CCC(CC(C)(C)C)OC. The Hall–Kier alpha value is -0.0400. The molecule has 0 fully saturated rings. The molecule has 0 saturated carbocycles. The summed E-state index contributed by atoms with van der Waals surface area (Å²) in [6, 6.07) is 0. The van der Waals surface area contributed by atoms with Crippen molar-refractivity contribution in [3.8, 4) is 0 Å². The van der Waals surface area contributed by atoms with Crippen molar-refractivity contribution >= 4 is 0 Å². The molecule has 1 unspecified atom stereocenters. The van der Waals surface area contributed by atoms with Gasteiger partial charge in [0.15, 0.2) is 0 Å². The van der Waals surface area contributed by atoms with Gasteiger partial charge >= 0.3 is 0 Å². The number of methoxy groups -OCH3 is 1. The van der Waals surface area contributed by atoms with E-state index in [-0.39, 0.29) is 0 Å². The molecule has 0 aliphatic rings. The lowest BCUT2D eigenvalue weighted by Gasteiger charge is -2.23. The predicted molar refractivity (Wildman–Crippen MR) is 45.2 cm³/mol. The number of hydrogen-bond donors (Lipinski definition) is 0. The van der Waals surface area contributed by atoms with Crippen LogP contribution in [0.3, 0.4) is 0 Å². The molecule has 0 aliphatic carbocycles. The fraction of sp³-hybridized carbons (Fsp3) is 1.00. The zero-order valence-electron chi connectivity index (χ0n) is 7.90. The van der Waals surface area contributed by atoms with E-state index in [4.69, 9.17) is 4.74 Å². The first kappa shape index (κ1) is 9.96. The summed E-state index contributed by atoms with van der Waals surface area (Å²) < 4.78 is 5.28. The van der Waals surface area contributed by atoms with Crippen LogP contribution in [0.15, 0.2) is 0 Å². The molecular weight excluding hydrogens is 124 g/mol. The van der Waals surface area contributed by atoms with Gasteiger partial charge in [0.1, 0.15) is 0 Å². The molecule has 0 spiro atoms. The number of ether oxygens (including phenoxy) is 1. The highest BCUT2D eigenvalue weighted by Gasteiger charge is 2.16. The quantitative estimate of drug-likeness (QED) is 0.592. The Morgan fingerprint density at radius 1 is 1.30 bits per heavy atom. The van der Waals surface area contributed by atoms with Crippen molar-refractivity contribution in [1.82, 2.24) is 0 Å². The third kappa shape index (κ3) is 4.80. The van der Waals surface area contributed by atoms with Gasteiger partial charge in [-0.05, 0) is 18.3 Å². The second kappa shape index (κ2) is 3.97. The molecule has 10 heavy (non-hydrogen) atoms. The van der Waals surface area contributed by atoms with Gasteiger partial charge in [0.25, 0.3) is 0 Å². The van der Waals surface area contributed by atoms with Crippen LogP contribution >= 0.6 is 0 Å². The Morgan fingerprint density at radius 3 is 1.90 bits per heavy atom. The monoisotopic (exact) mass is 144 g/mol. The summed E-state index contributed by atoms with van der Waals surface area (Å²) in [6.07, 6.45) is 2.72. The third-order valence-electron chi connectivity index (χ3n) is 1.63. The topological polar surface area (TPSA) is 9.23 Å². The molecule has 0 N–H and O–H groups in total. The van der Waals surface area contributed by atoms with Gasteiger partial charge in [0, 0.05) is 7.11 Å². The average Bonchev–Trinajstić information content (AvgIpc) is 1.81. The van der Waals surface area contributed by atoms with Gasteiger partial charge in [-0.2, -0.15) is 0 Å². The first-order valence-corrected chi connectivity index (χ1v) is 4.02. The van der Waals surface area contributed by atoms with E-state index in [0.29, 0.717) is 11.5 Å².